The summed E-state index contributed by atoms with van der Waals surface area (Å²) in [6.07, 6.45) is 0. The molecule has 0 heterocycles. The normalized spacial score (nSPS) is 10.4. The molecule has 4 nitrogen and oxygen atoms in total. The molecule has 0 bridgehead atoms. The first-order chi connectivity index (χ1) is 12.0. The van der Waals surface area contributed by atoms with Crippen LogP contribution >= 0.6 is 46.7 Å². The van der Waals surface area contributed by atoms with Crippen LogP contribution in [0.5, 0.6) is 0 Å². The second-order valence-electron chi connectivity index (χ2n) is 5.01. The first-order valence-electron chi connectivity index (χ1n) is 7.29. The lowest BCUT2D eigenvalue weighted by molar-refractivity contribution is -0.126. The van der Waals surface area contributed by atoms with Gasteiger partial charge in [-0.1, -0.05) is 41.4 Å². The fourth-order valence-electron chi connectivity index (χ4n) is 1.80. The Kier molecular flexibility index (Phi) is 7.96. The van der Waals surface area contributed by atoms with Gasteiger partial charge in [-0.05, 0) is 36.8 Å². The van der Waals surface area contributed by atoms with Crippen LogP contribution in [-0.2, 0) is 9.59 Å². The molecule has 0 atom stereocenters. The summed E-state index contributed by atoms with van der Waals surface area (Å²) in [4.78, 5) is 25.4. The molecule has 2 rings (SSSR count). The number of aryl methyl sites for hydroxylation is 1. The molecule has 8 heteroatoms. The summed E-state index contributed by atoms with van der Waals surface area (Å²) < 4.78 is 0. The summed E-state index contributed by atoms with van der Waals surface area (Å²) in [7, 11) is 0. The van der Waals surface area contributed by atoms with Crippen LogP contribution in [0.25, 0.3) is 0 Å². The summed E-state index contributed by atoms with van der Waals surface area (Å²) >= 11 is 14.6. The summed E-state index contributed by atoms with van der Waals surface area (Å²) in [5.74, 6) is -0.258. The van der Waals surface area contributed by atoms with Gasteiger partial charge in [0.2, 0.25) is 11.8 Å². The minimum Gasteiger partial charge on any atom is -0.272 e. The van der Waals surface area contributed by atoms with Crippen LogP contribution < -0.4 is 10.9 Å². The molecule has 2 aromatic carbocycles. The molecule has 2 aromatic rings. The van der Waals surface area contributed by atoms with Crippen LogP contribution in [0.3, 0.4) is 0 Å². The monoisotopic (exact) mass is 414 g/mol. The van der Waals surface area contributed by atoms with Crippen LogP contribution in [0.1, 0.15) is 5.56 Å². The Balaban J connectivity index is 1.71. The highest BCUT2D eigenvalue weighted by Crippen LogP contribution is 2.29. The Morgan fingerprint density at radius 2 is 1.52 bits per heavy atom. The van der Waals surface area contributed by atoms with Gasteiger partial charge in [-0.2, -0.15) is 0 Å². The van der Waals surface area contributed by atoms with Crippen molar-refractivity contribution in [1.29, 1.82) is 0 Å². The van der Waals surface area contributed by atoms with Crippen molar-refractivity contribution < 1.29 is 9.59 Å². The molecule has 0 aliphatic heterocycles. The van der Waals surface area contributed by atoms with Crippen LogP contribution in [0.4, 0.5) is 0 Å². The Morgan fingerprint density at radius 3 is 2.16 bits per heavy atom. The van der Waals surface area contributed by atoms with Gasteiger partial charge in [0.05, 0.1) is 16.5 Å². The number of thioether (sulfide) groups is 2. The highest BCUT2D eigenvalue weighted by atomic mass is 35.5. The second-order valence-corrected chi connectivity index (χ2v) is 7.89. The fourth-order valence-corrected chi connectivity index (χ4v) is 3.93. The van der Waals surface area contributed by atoms with E-state index in [4.69, 9.17) is 23.2 Å². The predicted molar refractivity (Wildman–Crippen MR) is 105 cm³/mol. The second kappa shape index (κ2) is 9.97. The van der Waals surface area contributed by atoms with Crippen molar-refractivity contribution in [2.24, 2.45) is 0 Å². The third kappa shape index (κ3) is 6.82. The van der Waals surface area contributed by atoms with Crippen molar-refractivity contribution in [3.05, 3.63) is 58.1 Å². The van der Waals surface area contributed by atoms with Crippen LogP contribution in [0.2, 0.25) is 10.0 Å². The van der Waals surface area contributed by atoms with E-state index >= 15 is 0 Å². The Bertz CT molecular complexity index is 772. The molecule has 0 unspecified atom stereocenters. The number of halogens is 2. The van der Waals surface area contributed by atoms with Crippen molar-refractivity contribution >= 4 is 58.5 Å². The Hall–Kier alpha value is -1.34. The van der Waals surface area contributed by atoms with Crippen molar-refractivity contribution in [3.63, 3.8) is 0 Å². The maximum atomic E-state index is 11.8. The van der Waals surface area contributed by atoms with Gasteiger partial charge in [0, 0.05) is 14.8 Å². The summed E-state index contributed by atoms with van der Waals surface area (Å²) in [5, 5.41) is 1.08. The Labute approximate surface area is 165 Å². The van der Waals surface area contributed by atoms with Crippen LogP contribution in [0, 0.1) is 6.92 Å². The highest BCUT2D eigenvalue weighted by molar-refractivity contribution is 8.00. The van der Waals surface area contributed by atoms with E-state index in [-0.39, 0.29) is 23.3 Å². The van der Waals surface area contributed by atoms with Gasteiger partial charge in [0.15, 0.2) is 0 Å². The first kappa shape index (κ1) is 20.0. The molecule has 0 saturated carbocycles. The van der Waals surface area contributed by atoms with E-state index in [1.165, 1.54) is 23.5 Å². The largest absolute Gasteiger partial charge is 0.272 e. The molecule has 2 amide bonds. The van der Waals surface area contributed by atoms with Gasteiger partial charge < -0.3 is 0 Å². The topological polar surface area (TPSA) is 58.2 Å². The number of carbonyl (C=O) groups excluding carboxylic acids is 2. The zero-order chi connectivity index (χ0) is 18.2. The van der Waals surface area contributed by atoms with Gasteiger partial charge in [-0.15, -0.1) is 23.5 Å². The zero-order valence-electron chi connectivity index (χ0n) is 13.3. The first-order valence-corrected chi connectivity index (χ1v) is 10.0. The van der Waals surface area contributed by atoms with Gasteiger partial charge in [0.1, 0.15) is 0 Å². The van der Waals surface area contributed by atoms with Gasteiger partial charge in [0.25, 0.3) is 0 Å². The lowest BCUT2D eigenvalue weighted by atomic mass is 10.2. The van der Waals surface area contributed by atoms with Crippen molar-refractivity contribution in [2.75, 3.05) is 11.5 Å². The highest BCUT2D eigenvalue weighted by Gasteiger charge is 2.09. The molecule has 0 saturated heterocycles. The fraction of sp³-hybridized carbons (Fsp3) is 0.176. The third-order valence-electron chi connectivity index (χ3n) is 3.05. The zero-order valence-corrected chi connectivity index (χ0v) is 16.5. The number of nitrogens with one attached hydrogen (secondary N) is 2. The van der Waals surface area contributed by atoms with Gasteiger partial charge in [-0.3, -0.25) is 20.4 Å². The van der Waals surface area contributed by atoms with Gasteiger partial charge in [-0.25, -0.2) is 0 Å². The number of hydrogen-bond acceptors (Lipinski definition) is 4. The minimum atomic E-state index is -0.324. The molecular weight excluding hydrogens is 399 g/mol. The summed E-state index contributed by atoms with van der Waals surface area (Å²) in [6, 6.07) is 12.9. The molecule has 25 heavy (non-hydrogen) atoms. The SMILES string of the molecule is Cc1ccccc1SCC(=O)NNC(=O)CSc1cc(Cl)ccc1Cl. The summed E-state index contributed by atoms with van der Waals surface area (Å²) in [5.41, 5.74) is 5.90. The molecule has 0 aromatic heterocycles. The van der Waals surface area contributed by atoms with Crippen LogP contribution in [-0.4, -0.2) is 23.3 Å². The lowest BCUT2D eigenvalue weighted by Gasteiger charge is -2.09. The van der Waals surface area contributed by atoms with Crippen molar-refractivity contribution in [2.45, 2.75) is 16.7 Å². The average Bonchev–Trinajstić information content (AvgIpc) is 2.60. The van der Waals surface area contributed by atoms with E-state index in [9.17, 15) is 9.59 Å². The lowest BCUT2D eigenvalue weighted by Crippen LogP contribution is -2.43. The number of benzene rings is 2. The van der Waals surface area contributed by atoms with Crippen molar-refractivity contribution in [3.8, 4) is 0 Å². The number of carbonyl (C=O) groups is 2. The minimum absolute atomic E-state index is 0.116. The maximum Gasteiger partial charge on any atom is 0.248 e. The Morgan fingerprint density at radius 1 is 0.920 bits per heavy atom. The predicted octanol–water partition coefficient (Wildman–Crippen LogP) is 4.33. The smallest absolute Gasteiger partial charge is 0.248 e. The maximum absolute atomic E-state index is 11.8. The molecule has 0 fully saturated rings. The molecule has 0 spiro atoms. The number of hydrogen-bond donors (Lipinski definition) is 2. The van der Waals surface area contributed by atoms with E-state index in [2.05, 4.69) is 10.9 Å². The van der Waals surface area contributed by atoms with E-state index in [1.807, 2.05) is 31.2 Å². The van der Waals surface area contributed by atoms with E-state index in [0.29, 0.717) is 14.9 Å². The van der Waals surface area contributed by atoms with Gasteiger partial charge >= 0.3 is 0 Å². The molecule has 132 valence electrons. The molecular formula is C17H16Cl2N2O2S2. The van der Waals surface area contributed by atoms with E-state index in [0.717, 1.165) is 10.5 Å². The quantitative estimate of drug-likeness (QED) is 0.545. The average molecular weight is 415 g/mol. The van der Waals surface area contributed by atoms with E-state index in [1.54, 1.807) is 18.2 Å². The summed E-state index contributed by atoms with van der Waals surface area (Å²) in [6.45, 7) is 1.99. The van der Waals surface area contributed by atoms with Crippen LogP contribution in [0.15, 0.2) is 52.3 Å². The molecule has 0 aliphatic carbocycles. The van der Waals surface area contributed by atoms with E-state index < -0.39 is 0 Å². The number of hydrazine groups is 1. The standard InChI is InChI=1S/C17H16Cl2N2O2S2/c1-11-4-2-3-5-14(11)24-9-16(22)20-21-17(23)10-25-15-8-12(18)6-7-13(15)19/h2-8H,9-10H2,1H3,(H,20,22)(H,21,23). The van der Waals surface area contributed by atoms with Crippen molar-refractivity contribution in [1.82, 2.24) is 10.9 Å². The number of amides is 2. The third-order valence-corrected chi connectivity index (χ3v) is 5.95. The number of rotatable bonds is 6. The molecule has 0 radical (unpaired) electrons. The molecule has 2 N–H and O–H groups in total. The molecule has 0 aliphatic rings.